The second-order valence-electron chi connectivity index (χ2n) is 4.03. The van der Waals surface area contributed by atoms with Gasteiger partial charge in [-0.25, -0.2) is 13.8 Å². The molecule has 0 aliphatic rings. The van der Waals surface area contributed by atoms with Gasteiger partial charge in [0.15, 0.2) is 0 Å². The number of aromatic amines is 1. The summed E-state index contributed by atoms with van der Waals surface area (Å²) in [6.07, 6.45) is -2.50. The fraction of sp³-hybridized carbons (Fsp3) is 0.0714. The highest BCUT2D eigenvalue weighted by atomic mass is 19.3. The quantitative estimate of drug-likeness (QED) is 0.720. The molecule has 2 heterocycles. The van der Waals surface area contributed by atoms with E-state index in [4.69, 9.17) is 0 Å². The predicted molar refractivity (Wildman–Crippen MR) is 66.5 cm³/mol. The van der Waals surface area contributed by atoms with Crippen molar-refractivity contribution in [3.63, 3.8) is 0 Å². The van der Waals surface area contributed by atoms with Crippen LogP contribution < -0.4 is 0 Å². The Morgan fingerprint density at radius 3 is 2.50 bits per heavy atom. The van der Waals surface area contributed by atoms with Gasteiger partial charge in [0.25, 0.3) is 6.43 Å². The predicted octanol–water partition coefficient (Wildman–Crippen LogP) is 4.17. The van der Waals surface area contributed by atoms with Gasteiger partial charge in [-0.2, -0.15) is 0 Å². The molecule has 3 rings (SSSR count). The van der Waals surface area contributed by atoms with E-state index in [-0.39, 0.29) is 5.69 Å². The van der Waals surface area contributed by atoms with Crippen LogP contribution in [0, 0.1) is 0 Å². The molecule has 18 heavy (non-hydrogen) atoms. The maximum absolute atomic E-state index is 12.6. The van der Waals surface area contributed by atoms with E-state index in [0.29, 0.717) is 11.0 Å². The summed E-state index contributed by atoms with van der Waals surface area (Å²) >= 11 is 0. The number of aromatic nitrogens is 2. The van der Waals surface area contributed by atoms with Crippen LogP contribution in [0.5, 0.6) is 0 Å². The van der Waals surface area contributed by atoms with Crippen LogP contribution in [0.25, 0.3) is 22.3 Å². The Morgan fingerprint density at radius 2 is 1.78 bits per heavy atom. The van der Waals surface area contributed by atoms with Crippen molar-refractivity contribution in [2.24, 2.45) is 0 Å². The monoisotopic (exact) mass is 244 g/mol. The molecule has 0 atom stereocenters. The molecule has 0 saturated carbocycles. The molecule has 3 aromatic rings. The summed E-state index contributed by atoms with van der Waals surface area (Å²) < 4.78 is 25.1. The summed E-state index contributed by atoms with van der Waals surface area (Å²) in [6, 6.07) is 14.7. The number of halogens is 2. The van der Waals surface area contributed by atoms with Crippen LogP contribution in [0.2, 0.25) is 0 Å². The Bertz CT molecular complexity index is 675. The lowest BCUT2D eigenvalue weighted by atomic mass is 10.1. The van der Waals surface area contributed by atoms with Gasteiger partial charge >= 0.3 is 0 Å². The average molecular weight is 244 g/mol. The highest BCUT2D eigenvalue weighted by Crippen LogP contribution is 2.25. The number of nitrogens with one attached hydrogen (secondary N) is 1. The first-order chi connectivity index (χ1) is 8.74. The normalized spacial score (nSPS) is 11.3. The molecule has 0 spiro atoms. The Morgan fingerprint density at radius 1 is 1.00 bits per heavy atom. The molecule has 90 valence electrons. The third-order valence-electron chi connectivity index (χ3n) is 2.80. The van der Waals surface area contributed by atoms with Crippen molar-refractivity contribution in [2.45, 2.75) is 6.43 Å². The highest BCUT2D eigenvalue weighted by molar-refractivity contribution is 5.79. The fourth-order valence-electron chi connectivity index (χ4n) is 1.91. The van der Waals surface area contributed by atoms with Crippen LogP contribution in [0.4, 0.5) is 8.78 Å². The van der Waals surface area contributed by atoms with Gasteiger partial charge in [0.1, 0.15) is 5.65 Å². The lowest BCUT2D eigenvalue weighted by Gasteiger charge is -1.99. The van der Waals surface area contributed by atoms with Gasteiger partial charge in [-0.3, -0.25) is 0 Å². The molecule has 0 aliphatic carbocycles. The van der Waals surface area contributed by atoms with Gasteiger partial charge in [0.2, 0.25) is 0 Å². The van der Waals surface area contributed by atoms with E-state index in [1.165, 1.54) is 6.07 Å². The Balaban J connectivity index is 2.11. The summed E-state index contributed by atoms with van der Waals surface area (Å²) in [4.78, 5) is 7.00. The SMILES string of the molecule is FC(F)c1cc2ccc(-c3ccccc3)nc2[nH]1. The summed E-state index contributed by atoms with van der Waals surface area (Å²) in [5.74, 6) is 0. The Labute approximate surface area is 102 Å². The van der Waals surface area contributed by atoms with Crippen molar-refractivity contribution < 1.29 is 8.78 Å². The smallest absolute Gasteiger partial charge is 0.278 e. The molecule has 1 N–H and O–H groups in total. The Hall–Kier alpha value is -2.23. The number of H-pyrrole nitrogens is 1. The van der Waals surface area contributed by atoms with Crippen molar-refractivity contribution >= 4 is 11.0 Å². The van der Waals surface area contributed by atoms with E-state index in [0.717, 1.165) is 11.3 Å². The maximum atomic E-state index is 12.6. The fourth-order valence-corrected chi connectivity index (χ4v) is 1.91. The molecular weight excluding hydrogens is 234 g/mol. The molecule has 4 heteroatoms. The van der Waals surface area contributed by atoms with E-state index in [1.807, 2.05) is 36.4 Å². The zero-order chi connectivity index (χ0) is 12.5. The van der Waals surface area contributed by atoms with Gasteiger partial charge < -0.3 is 4.98 Å². The number of hydrogen-bond acceptors (Lipinski definition) is 1. The second kappa shape index (κ2) is 4.22. The Kier molecular flexibility index (Phi) is 2.55. The third kappa shape index (κ3) is 1.86. The number of pyridine rings is 1. The second-order valence-corrected chi connectivity index (χ2v) is 4.03. The number of hydrogen-bond donors (Lipinski definition) is 1. The molecule has 0 unspecified atom stereocenters. The van der Waals surface area contributed by atoms with Crippen molar-refractivity contribution in [3.05, 3.63) is 54.2 Å². The minimum atomic E-state index is -2.50. The summed E-state index contributed by atoms with van der Waals surface area (Å²) in [5, 5.41) is 0.699. The van der Waals surface area contributed by atoms with E-state index in [9.17, 15) is 8.78 Å². The molecule has 0 radical (unpaired) electrons. The highest BCUT2D eigenvalue weighted by Gasteiger charge is 2.11. The first-order valence-electron chi connectivity index (χ1n) is 5.57. The largest absolute Gasteiger partial charge is 0.338 e. The van der Waals surface area contributed by atoms with Gasteiger partial charge in [-0.15, -0.1) is 0 Å². The van der Waals surface area contributed by atoms with Gasteiger partial charge in [-0.05, 0) is 18.2 Å². The van der Waals surface area contributed by atoms with Crippen LogP contribution >= 0.6 is 0 Å². The van der Waals surface area contributed by atoms with Gasteiger partial charge in [0.05, 0.1) is 11.4 Å². The molecular formula is C14H10F2N2. The summed E-state index contributed by atoms with van der Waals surface area (Å²) in [5.41, 5.74) is 2.13. The van der Waals surface area contributed by atoms with Crippen molar-refractivity contribution in [2.75, 3.05) is 0 Å². The number of rotatable bonds is 2. The minimum absolute atomic E-state index is 0.0947. The van der Waals surface area contributed by atoms with Gasteiger partial charge in [-0.1, -0.05) is 30.3 Å². The topological polar surface area (TPSA) is 28.7 Å². The molecule has 0 amide bonds. The molecule has 2 aromatic heterocycles. The number of fused-ring (bicyclic) bond motifs is 1. The van der Waals surface area contributed by atoms with Crippen molar-refractivity contribution in [3.8, 4) is 11.3 Å². The van der Waals surface area contributed by atoms with E-state index in [2.05, 4.69) is 9.97 Å². The van der Waals surface area contributed by atoms with Crippen LogP contribution in [0.3, 0.4) is 0 Å². The maximum Gasteiger partial charge on any atom is 0.278 e. The number of benzene rings is 1. The lowest BCUT2D eigenvalue weighted by Crippen LogP contribution is -1.85. The van der Waals surface area contributed by atoms with Crippen LogP contribution in [-0.4, -0.2) is 9.97 Å². The van der Waals surface area contributed by atoms with E-state index < -0.39 is 6.43 Å². The number of alkyl halides is 2. The van der Waals surface area contributed by atoms with E-state index in [1.54, 1.807) is 6.07 Å². The first kappa shape index (κ1) is 10.9. The summed E-state index contributed by atoms with van der Waals surface area (Å²) in [6.45, 7) is 0. The lowest BCUT2D eigenvalue weighted by molar-refractivity contribution is 0.147. The standard InChI is InChI=1S/C14H10F2N2/c15-13(16)12-8-10-6-7-11(17-14(10)18-12)9-4-2-1-3-5-9/h1-8,13H,(H,17,18). The first-order valence-corrected chi connectivity index (χ1v) is 5.57. The van der Waals surface area contributed by atoms with Crippen molar-refractivity contribution in [1.29, 1.82) is 0 Å². The van der Waals surface area contributed by atoms with Crippen LogP contribution in [0.15, 0.2) is 48.5 Å². The molecule has 0 bridgehead atoms. The molecule has 1 aromatic carbocycles. The summed E-state index contributed by atoms with van der Waals surface area (Å²) in [7, 11) is 0. The zero-order valence-corrected chi connectivity index (χ0v) is 9.40. The van der Waals surface area contributed by atoms with E-state index >= 15 is 0 Å². The zero-order valence-electron chi connectivity index (χ0n) is 9.40. The molecule has 0 aliphatic heterocycles. The van der Waals surface area contributed by atoms with Crippen LogP contribution in [0.1, 0.15) is 12.1 Å². The number of nitrogens with zero attached hydrogens (tertiary/aromatic N) is 1. The third-order valence-corrected chi connectivity index (χ3v) is 2.80. The molecule has 0 saturated heterocycles. The molecule has 0 fully saturated rings. The molecule has 2 nitrogen and oxygen atoms in total. The minimum Gasteiger partial charge on any atom is -0.338 e. The van der Waals surface area contributed by atoms with Gasteiger partial charge in [0, 0.05) is 10.9 Å². The average Bonchev–Trinajstić information content (AvgIpc) is 2.82. The van der Waals surface area contributed by atoms with Crippen LogP contribution in [-0.2, 0) is 0 Å². The van der Waals surface area contributed by atoms with Crippen molar-refractivity contribution in [1.82, 2.24) is 9.97 Å².